The first-order valence-corrected chi connectivity index (χ1v) is 4.61. The van der Waals surface area contributed by atoms with Gasteiger partial charge in [-0.15, -0.1) is 0 Å². The van der Waals surface area contributed by atoms with E-state index in [-0.39, 0.29) is 5.75 Å². The van der Waals surface area contributed by atoms with Gasteiger partial charge in [0, 0.05) is 5.56 Å². The molecule has 0 radical (unpaired) electrons. The van der Waals surface area contributed by atoms with Crippen LogP contribution in [0.2, 0.25) is 0 Å². The summed E-state index contributed by atoms with van der Waals surface area (Å²) < 4.78 is 54.8. The van der Waals surface area contributed by atoms with E-state index in [0.29, 0.717) is 0 Å². The zero-order valence-corrected chi connectivity index (χ0v) is 8.83. The lowest BCUT2D eigenvalue weighted by atomic mass is 10.0. The van der Waals surface area contributed by atoms with Crippen LogP contribution in [0, 0.1) is 5.82 Å². The summed E-state index contributed by atoms with van der Waals surface area (Å²) in [6.07, 6.45) is -7.74. The Hall–Kier alpha value is -1.34. The van der Waals surface area contributed by atoms with Gasteiger partial charge < -0.3 is 15.6 Å². The van der Waals surface area contributed by atoms with Crippen molar-refractivity contribution in [1.82, 2.24) is 0 Å². The van der Waals surface area contributed by atoms with Crippen LogP contribution in [0.15, 0.2) is 18.2 Å². The van der Waals surface area contributed by atoms with Crippen molar-refractivity contribution < 1.29 is 27.4 Å². The third kappa shape index (κ3) is 2.86. The second kappa shape index (κ2) is 4.89. The zero-order valence-electron chi connectivity index (χ0n) is 8.83. The Bertz CT molecular complexity index is 394. The molecule has 0 aromatic heterocycles. The number of methoxy groups -OCH3 is 1. The summed E-state index contributed by atoms with van der Waals surface area (Å²) in [6.45, 7) is 0. The summed E-state index contributed by atoms with van der Waals surface area (Å²) >= 11 is 0. The smallest absolute Gasteiger partial charge is 0.416 e. The molecule has 0 bridgehead atoms. The van der Waals surface area contributed by atoms with Crippen molar-refractivity contribution in [3.63, 3.8) is 0 Å². The fourth-order valence-corrected chi connectivity index (χ4v) is 1.32. The lowest BCUT2D eigenvalue weighted by molar-refractivity contribution is -0.210. The maximum atomic E-state index is 13.6. The van der Waals surface area contributed by atoms with Crippen molar-refractivity contribution in [3.05, 3.63) is 29.6 Å². The number of rotatable bonds is 3. The predicted octanol–water partition coefficient (Wildman–Crippen LogP) is 1.76. The summed E-state index contributed by atoms with van der Waals surface area (Å²) in [5.74, 6) is -1.24. The molecule has 0 aliphatic heterocycles. The molecule has 1 aromatic carbocycles. The van der Waals surface area contributed by atoms with Gasteiger partial charge in [-0.1, -0.05) is 12.1 Å². The van der Waals surface area contributed by atoms with Crippen LogP contribution in [0.25, 0.3) is 0 Å². The fraction of sp³-hybridized carbons (Fsp3) is 0.400. The van der Waals surface area contributed by atoms with Crippen molar-refractivity contribution in [1.29, 1.82) is 0 Å². The van der Waals surface area contributed by atoms with Crippen LogP contribution in [0.4, 0.5) is 17.6 Å². The maximum Gasteiger partial charge on any atom is 0.416 e. The summed E-state index contributed by atoms with van der Waals surface area (Å²) in [7, 11) is 1.17. The Morgan fingerprint density at radius 2 is 1.94 bits per heavy atom. The van der Waals surface area contributed by atoms with Crippen LogP contribution in [-0.4, -0.2) is 24.5 Å². The molecule has 0 fully saturated rings. The Morgan fingerprint density at radius 1 is 1.35 bits per heavy atom. The molecule has 1 rings (SSSR count). The number of benzene rings is 1. The highest BCUT2D eigenvalue weighted by Crippen LogP contribution is 2.32. The lowest BCUT2D eigenvalue weighted by Gasteiger charge is -2.22. The summed E-state index contributed by atoms with van der Waals surface area (Å²) in [5, 5.41) is 8.94. The maximum absolute atomic E-state index is 13.6. The standard InChI is InChI=1S/C10H11F4NO2/c1-17-6-4-2-3-5(7(6)11)8(15)9(16)10(12,13)14/h2-4,8-9,16H,15H2,1H3/t8-,9-/m0/s1. The molecule has 0 aliphatic rings. The third-order valence-electron chi connectivity index (χ3n) is 2.25. The normalized spacial score (nSPS) is 15.5. The van der Waals surface area contributed by atoms with E-state index in [9.17, 15) is 17.6 Å². The number of aliphatic hydroxyl groups excluding tert-OH is 1. The molecule has 3 N–H and O–H groups in total. The Balaban J connectivity index is 3.08. The van der Waals surface area contributed by atoms with Crippen molar-refractivity contribution >= 4 is 0 Å². The second-order valence-corrected chi connectivity index (χ2v) is 3.38. The van der Waals surface area contributed by atoms with Crippen LogP contribution < -0.4 is 10.5 Å². The molecule has 0 saturated heterocycles. The first kappa shape index (κ1) is 13.7. The molecule has 17 heavy (non-hydrogen) atoms. The molecule has 2 atom stereocenters. The monoisotopic (exact) mass is 253 g/mol. The second-order valence-electron chi connectivity index (χ2n) is 3.38. The molecule has 0 amide bonds. The highest BCUT2D eigenvalue weighted by molar-refractivity contribution is 5.33. The van der Waals surface area contributed by atoms with Crippen LogP contribution in [-0.2, 0) is 0 Å². The summed E-state index contributed by atoms with van der Waals surface area (Å²) in [6, 6.07) is 1.70. The van der Waals surface area contributed by atoms with Gasteiger partial charge in [0.25, 0.3) is 0 Å². The van der Waals surface area contributed by atoms with Crippen LogP contribution >= 0.6 is 0 Å². The zero-order chi connectivity index (χ0) is 13.2. The molecule has 0 heterocycles. The Morgan fingerprint density at radius 3 is 2.41 bits per heavy atom. The minimum absolute atomic E-state index is 0.229. The Labute approximate surface area is 94.8 Å². The van der Waals surface area contributed by atoms with E-state index in [1.807, 2.05) is 0 Å². The highest BCUT2D eigenvalue weighted by atomic mass is 19.4. The van der Waals surface area contributed by atoms with Crippen LogP contribution in [0.3, 0.4) is 0 Å². The average molecular weight is 253 g/mol. The first-order valence-electron chi connectivity index (χ1n) is 4.61. The largest absolute Gasteiger partial charge is 0.494 e. The molecule has 7 heteroatoms. The first-order chi connectivity index (χ1) is 7.79. The van der Waals surface area contributed by atoms with Gasteiger partial charge in [0.05, 0.1) is 13.2 Å². The third-order valence-corrected chi connectivity index (χ3v) is 2.25. The summed E-state index contributed by atoms with van der Waals surface area (Å²) in [4.78, 5) is 0. The highest BCUT2D eigenvalue weighted by Gasteiger charge is 2.43. The van der Waals surface area contributed by atoms with Crippen molar-refractivity contribution in [2.24, 2.45) is 5.73 Å². The molecule has 1 aromatic rings. The molecule has 0 spiro atoms. The van der Waals surface area contributed by atoms with E-state index in [1.54, 1.807) is 0 Å². The van der Waals surface area contributed by atoms with Gasteiger partial charge in [-0.2, -0.15) is 13.2 Å². The predicted molar refractivity (Wildman–Crippen MR) is 51.9 cm³/mol. The van der Waals surface area contributed by atoms with E-state index < -0.39 is 29.7 Å². The summed E-state index contributed by atoms with van der Waals surface area (Å²) in [5.41, 5.74) is 4.73. The molecule has 3 nitrogen and oxygen atoms in total. The van der Waals surface area contributed by atoms with Crippen molar-refractivity contribution in [2.45, 2.75) is 18.3 Å². The minimum atomic E-state index is -4.91. The van der Waals surface area contributed by atoms with E-state index in [4.69, 9.17) is 10.8 Å². The molecular weight excluding hydrogens is 242 g/mol. The molecule has 0 aliphatic carbocycles. The molecule has 96 valence electrons. The molecule has 0 saturated carbocycles. The van der Waals surface area contributed by atoms with Gasteiger partial charge in [0.2, 0.25) is 0 Å². The van der Waals surface area contributed by atoms with E-state index in [2.05, 4.69) is 4.74 Å². The average Bonchev–Trinajstić information content (AvgIpc) is 2.26. The van der Waals surface area contributed by atoms with Crippen molar-refractivity contribution in [2.75, 3.05) is 7.11 Å². The van der Waals surface area contributed by atoms with Gasteiger partial charge in [0.15, 0.2) is 17.7 Å². The van der Waals surface area contributed by atoms with E-state index in [1.165, 1.54) is 19.2 Å². The number of nitrogens with two attached hydrogens (primary N) is 1. The van der Waals surface area contributed by atoms with Gasteiger partial charge in [-0.25, -0.2) is 4.39 Å². The molecular formula is C10H11F4NO2. The van der Waals surface area contributed by atoms with Gasteiger partial charge in [0.1, 0.15) is 0 Å². The number of hydrogen-bond acceptors (Lipinski definition) is 3. The Kier molecular flexibility index (Phi) is 3.94. The van der Waals surface area contributed by atoms with Crippen LogP contribution in [0.1, 0.15) is 11.6 Å². The quantitative estimate of drug-likeness (QED) is 0.807. The van der Waals surface area contributed by atoms with E-state index >= 15 is 0 Å². The lowest BCUT2D eigenvalue weighted by Crippen LogP contribution is -2.39. The number of halogens is 4. The van der Waals surface area contributed by atoms with Crippen LogP contribution in [0.5, 0.6) is 5.75 Å². The van der Waals surface area contributed by atoms with E-state index in [0.717, 1.165) is 6.07 Å². The van der Waals surface area contributed by atoms with Gasteiger partial charge >= 0.3 is 6.18 Å². The molecule has 0 unspecified atom stereocenters. The van der Waals surface area contributed by atoms with Gasteiger partial charge in [-0.3, -0.25) is 0 Å². The SMILES string of the molecule is COc1cccc([C@H](N)[C@H](O)C(F)(F)F)c1F. The number of hydrogen-bond donors (Lipinski definition) is 2. The van der Waals surface area contributed by atoms with Crippen molar-refractivity contribution in [3.8, 4) is 5.75 Å². The number of ether oxygens (including phenoxy) is 1. The topological polar surface area (TPSA) is 55.5 Å². The fourth-order valence-electron chi connectivity index (χ4n) is 1.32. The number of alkyl halides is 3. The minimum Gasteiger partial charge on any atom is -0.494 e. The number of aliphatic hydroxyl groups is 1. The van der Waals surface area contributed by atoms with Gasteiger partial charge in [-0.05, 0) is 6.07 Å².